The van der Waals surface area contributed by atoms with Crippen LogP contribution in [0.3, 0.4) is 0 Å². The molecule has 1 amide bonds. The van der Waals surface area contributed by atoms with E-state index >= 15 is 0 Å². The number of esters is 1. The highest BCUT2D eigenvalue weighted by Crippen LogP contribution is 2.31. The summed E-state index contributed by atoms with van der Waals surface area (Å²) in [6.07, 6.45) is 0.180. The third kappa shape index (κ3) is 5.81. The zero-order valence-electron chi connectivity index (χ0n) is 17.6. The standard InChI is InChI=1S/C24H28FNO4/c1-24(2,3)30-23(28)26-21(13-16-9-5-4-6-10-16)19-15-29-22(27)18(19)14-17-11-7-8-12-20(17)25/h4-12,18-19,21H,13-15H2,1-3H3,(H,26,28)/t18-,19?,21+/m1/s1. The minimum atomic E-state index is -0.643. The van der Waals surface area contributed by atoms with Crippen LogP contribution in [-0.4, -0.2) is 30.3 Å². The average Bonchev–Trinajstić information content (AvgIpc) is 3.03. The fourth-order valence-electron chi connectivity index (χ4n) is 3.74. The zero-order valence-corrected chi connectivity index (χ0v) is 17.6. The zero-order chi connectivity index (χ0) is 21.7. The Balaban J connectivity index is 1.83. The molecule has 1 fully saturated rings. The SMILES string of the molecule is CC(C)(C)OC(=O)N[C@@H](Cc1ccccc1)C1COC(=O)[C@@H]1Cc1ccccc1F. The topological polar surface area (TPSA) is 64.6 Å². The van der Waals surface area contributed by atoms with Crippen molar-refractivity contribution in [3.8, 4) is 0 Å². The minimum absolute atomic E-state index is 0.172. The lowest BCUT2D eigenvalue weighted by atomic mass is 9.82. The second-order valence-corrected chi connectivity index (χ2v) is 8.64. The first-order valence-corrected chi connectivity index (χ1v) is 10.2. The number of benzene rings is 2. The molecule has 1 saturated heterocycles. The smallest absolute Gasteiger partial charge is 0.407 e. The van der Waals surface area contributed by atoms with Crippen molar-refractivity contribution in [2.45, 2.75) is 45.3 Å². The van der Waals surface area contributed by atoms with Crippen LogP contribution in [0.2, 0.25) is 0 Å². The van der Waals surface area contributed by atoms with Gasteiger partial charge >= 0.3 is 12.1 Å². The Kier molecular flexibility index (Phi) is 6.75. The number of halogens is 1. The first kappa shape index (κ1) is 21.8. The van der Waals surface area contributed by atoms with Crippen LogP contribution in [0.1, 0.15) is 31.9 Å². The van der Waals surface area contributed by atoms with E-state index in [4.69, 9.17) is 9.47 Å². The summed E-state index contributed by atoms with van der Waals surface area (Å²) in [7, 11) is 0. The number of ether oxygens (including phenoxy) is 2. The van der Waals surface area contributed by atoms with Crippen LogP contribution in [0, 0.1) is 17.7 Å². The lowest BCUT2D eigenvalue weighted by Gasteiger charge is -2.29. The molecule has 5 nitrogen and oxygen atoms in total. The molecule has 1 heterocycles. The van der Waals surface area contributed by atoms with E-state index in [0.717, 1.165) is 5.56 Å². The lowest BCUT2D eigenvalue weighted by Crippen LogP contribution is -2.47. The molecule has 2 aromatic rings. The lowest BCUT2D eigenvalue weighted by molar-refractivity contribution is -0.141. The molecule has 2 aromatic carbocycles. The molecule has 1 aliphatic rings. The third-order valence-corrected chi connectivity index (χ3v) is 5.15. The summed E-state index contributed by atoms with van der Waals surface area (Å²) >= 11 is 0. The van der Waals surface area contributed by atoms with Crippen molar-refractivity contribution in [2.75, 3.05) is 6.61 Å². The van der Waals surface area contributed by atoms with Crippen molar-refractivity contribution >= 4 is 12.1 Å². The molecular weight excluding hydrogens is 385 g/mol. The largest absolute Gasteiger partial charge is 0.465 e. The van der Waals surface area contributed by atoms with Crippen molar-refractivity contribution in [1.29, 1.82) is 0 Å². The second-order valence-electron chi connectivity index (χ2n) is 8.64. The molecule has 3 rings (SSSR count). The van der Waals surface area contributed by atoms with Crippen LogP contribution in [0.15, 0.2) is 54.6 Å². The summed E-state index contributed by atoms with van der Waals surface area (Å²) < 4.78 is 25.0. The number of carbonyl (C=O) groups excluding carboxylic acids is 2. The van der Waals surface area contributed by atoms with E-state index in [2.05, 4.69) is 5.32 Å². The molecule has 6 heteroatoms. The summed E-state index contributed by atoms with van der Waals surface area (Å²) in [5.41, 5.74) is 0.834. The van der Waals surface area contributed by atoms with Crippen molar-refractivity contribution in [2.24, 2.45) is 11.8 Å². The molecule has 0 bridgehead atoms. The molecule has 0 radical (unpaired) electrons. The van der Waals surface area contributed by atoms with Crippen LogP contribution >= 0.6 is 0 Å². The highest BCUT2D eigenvalue weighted by molar-refractivity contribution is 5.76. The minimum Gasteiger partial charge on any atom is -0.465 e. The number of cyclic esters (lactones) is 1. The van der Waals surface area contributed by atoms with Crippen molar-refractivity contribution in [3.05, 3.63) is 71.5 Å². The second kappa shape index (κ2) is 9.28. The van der Waals surface area contributed by atoms with Crippen LogP contribution in [-0.2, 0) is 27.1 Å². The molecular formula is C24H28FNO4. The first-order valence-electron chi connectivity index (χ1n) is 10.2. The number of rotatable bonds is 6. The van der Waals surface area contributed by atoms with Gasteiger partial charge in [0.05, 0.1) is 12.5 Å². The molecule has 0 saturated carbocycles. The molecule has 0 aliphatic carbocycles. The fraction of sp³-hybridized carbons (Fsp3) is 0.417. The van der Waals surface area contributed by atoms with Gasteiger partial charge in [-0.15, -0.1) is 0 Å². The Morgan fingerprint density at radius 3 is 2.50 bits per heavy atom. The van der Waals surface area contributed by atoms with Gasteiger partial charge in [0.2, 0.25) is 0 Å². The van der Waals surface area contributed by atoms with Gasteiger partial charge in [0, 0.05) is 12.0 Å². The van der Waals surface area contributed by atoms with E-state index in [0.29, 0.717) is 12.0 Å². The Morgan fingerprint density at radius 1 is 1.17 bits per heavy atom. The van der Waals surface area contributed by atoms with Gasteiger partial charge in [0.1, 0.15) is 11.4 Å². The molecule has 3 atom stereocenters. The summed E-state index contributed by atoms with van der Waals surface area (Å²) in [5.74, 6) is -1.57. The summed E-state index contributed by atoms with van der Waals surface area (Å²) in [4.78, 5) is 25.0. The van der Waals surface area contributed by atoms with E-state index in [1.807, 2.05) is 30.3 Å². The van der Waals surface area contributed by atoms with Crippen molar-refractivity contribution in [1.82, 2.24) is 5.32 Å². The van der Waals surface area contributed by atoms with Gasteiger partial charge in [-0.25, -0.2) is 9.18 Å². The predicted molar refractivity (Wildman–Crippen MR) is 111 cm³/mol. The molecule has 0 spiro atoms. The van der Waals surface area contributed by atoms with E-state index in [1.165, 1.54) is 6.07 Å². The summed E-state index contributed by atoms with van der Waals surface area (Å²) in [6, 6.07) is 15.7. The van der Waals surface area contributed by atoms with Crippen molar-refractivity contribution < 1.29 is 23.5 Å². The monoisotopic (exact) mass is 413 g/mol. The Bertz CT molecular complexity index is 878. The number of hydrogen-bond donors (Lipinski definition) is 1. The number of amides is 1. The number of hydrogen-bond acceptors (Lipinski definition) is 4. The maximum atomic E-state index is 14.2. The molecule has 1 aliphatic heterocycles. The molecule has 160 valence electrons. The average molecular weight is 413 g/mol. The van der Waals surface area contributed by atoms with Crippen LogP contribution in [0.4, 0.5) is 9.18 Å². The van der Waals surface area contributed by atoms with E-state index < -0.39 is 23.7 Å². The molecule has 0 aromatic heterocycles. The normalized spacial score (nSPS) is 19.8. The predicted octanol–water partition coefficient (Wildman–Crippen LogP) is 4.29. The maximum Gasteiger partial charge on any atom is 0.407 e. The van der Waals surface area contributed by atoms with Gasteiger partial charge in [0.25, 0.3) is 0 Å². The van der Waals surface area contributed by atoms with Gasteiger partial charge in [-0.05, 0) is 50.8 Å². The number of carbonyl (C=O) groups is 2. The molecule has 30 heavy (non-hydrogen) atoms. The Hall–Kier alpha value is -2.89. The van der Waals surface area contributed by atoms with Crippen LogP contribution in [0.25, 0.3) is 0 Å². The molecule has 1 unspecified atom stereocenters. The highest BCUT2D eigenvalue weighted by Gasteiger charge is 2.42. The third-order valence-electron chi connectivity index (χ3n) is 5.15. The van der Waals surface area contributed by atoms with Gasteiger partial charge in [0.15, 0.2) is 0 Å². The number of nitrogens with one attached hydrogen (secondary N) is 1. The molecule has 1 N–H and O–H groups in total. The summed E-state index contributed by atoms with van der Waals surface area (Å²) in [5, 5.41) is 2.93. The number of alkyl carbamates (subject to hydrolysis) is 1. The summed E-state index contributed by atoms with van der Waals surface area (Å²) in [6.45, 7) is 5.55. The van der Waals surface area contributed by atoms with Crippen LogP contribution < -0.4 is 5.32 Å². The Labute approximate surface area is 176 Å². The van der Waals surface area contributed by atoms with Gasteiger partial charge in [-0.3, -0.25) is 4.79 Å². The van der Waals surface area contributed by atoms with E-state index in [9.17, 15) is 14.0 Å². The van der Waals surface area contributed by atoms with Gasteiger partial charge in [-0.2, -0.15) is 0 Å². The quantitative estimate of drug-likeness (QED) is 0.718. The van der Waals surface area contributed by atoms with E-state index in [-0.39, 0.29) is 30.7 Å². The Morgan fingerprint density at radius 2 is 1.83 bits per heavy atom. The van der Waals surface area contributed by atoms with Crippen molar-refractivity contribution in [3.63, 3.8) is 0 Å². The first-order chi connectivity index (χ1) is 14.2. The van der Waals surface area contributed by atoms with E-state index in [1.54, 1.807) is 39.0 Å². The van der Waals surface area contributed by atoms with Crippen LogP contribution in [0.5, 0.6) is 0 Å². The maximum absolute atomic E-state index is 14.2. The fourth-order valence-corrected chi connectivity index (χ4v) is 3.74. The highest BCUT2D eigenvalue weighted by atomic mass is 19.1. The van der Waals surface area contributed by atoms with Gasteiger partial charge in [-0.1, -0.05) is 48.5 Å². The van der Waals surface area contributed by atoms with Gasteiger partial charge < -0.3 is 14.8 Å².